The molecular weight excluding hydrogens is 353 g/mol. The molecule has 1 rings (SSSR count). The molecule has 1 aliphatic rings. The molecule has 0 N–H and O–H groups in total. The summed E-state index contributed by atoms with van der Waals surface area (Å²) >= 11 is 12.6. The molecule has 1 saturated heterocycles. The summed E-state index contributed by atoms with van der Waals surface area (Å²) in [4.78, 5) is 2.24. The molecule has 0 bridgehead atoms. The van der Waals surface area contributed by atoms with Crippen molar-refractivity contribution in [1.82, 2.24) is 4.90 Å². The number of hydrogen-bond acceptors (Lipinski definition) is 2. The zero-order chi connectivity index (χ0) is 19.2. The second kappa shape index (κ2) is 14.3. The van der Waals surface area contributed by atoms with E-state index < -0.39 is 0 Å². The molecule has 2 nitrogen and oxygen atoms in total. The Kier molecular flexibility index (Phi) is 13.8. The Morgan fingerprint density at radius 3 is 2.28 bits per heavy atom. The van der Waals surface area contributed by atoms with E-state index >= 15 is 0 Å². The van der Waals surface area contributed by atoms with Gasteiger partial charge in [-0.3, -0.25) is 0 Å². The monoisotopic (exact) mass is 387 g/mol. The van der Waals surface area contributed by atoms with Crippen LogP contribution in [0.3, 0.4) is 0 Å². The molecule has 1 atom stereocenters. The number of nitrogens with zero attached hydrogens (tertiary/aromatic N) is 1. The Hall–Kier alpha value is -0.860. The van der Waals surface area contributed by atoms with Gasteiger partial charge in [-0.05, 0) is 39.2 Å². The Morgan fingerprint density at radius 2 is 1.80 bits per heavy atom. The number of likely N-dealkylation sites (tertiary alicyclic amines) is 1. The minimum Gasteiger partial charge on any atom is -0.499 e. The van der Waals surface area contributed by atoms with E-state index in [1.54, 1.807) is 6.08 Å². The van der Waals surface area contributed by atoms with Crippen LogP contribution in [-0.2, 0) is 4.74 Å². The summed E-state index contributed by atoms with van der Waals surface area (Å²) in [5.41, 5.74) is 0.874. The molecule has 0 radical (unpaired) electrons. The van der Waals surface area contributed by atoms with E-state index in [0.717, 1.165) is 43.8 Å². The fraction of sp³-hybridized carbons (Fsp3) is 0.619. The SMILES string of the molecule is C=C/C(Cl)=C(\C(Cl)=C/C)N1CCCC(C(=C)OCC)CC1.CCCC. The number of rotatable bonds is 7. The highest BCUT2D eigenvalue weighted by Gasteiger charge is 2.23. The summed E-state index contributed by atoms with van der Waals surface area (Å²) in [7, 11) is 0. The minimum absolute atomic E-state index is 0.406. The molecule has 1 fully saturated rings. The molecular formula is C21H35Cl2NO. The van der Waals surface area contributed by atoms with E-state index in [2.05, 4.69) is 31.9 Å². The topological polar surface area (TPSA) is 12.5 Å². The molecule has 0 saturated carbocycles. The third-order valence-corrected chi connectivity index (χ3v) is 4.95. The van der Waals surface area contributed by atoms with Crippen molar-refractivity contribution in [3.63, 3.8) is 0 Å². The highest BCUT2D eigenvalue weighted by atomic mass is 35.5. The molecule has 1 aliphatic heterocycles. The van der Waals surface area contributed by atoms with E-state index in [0.29, 0.717) is 22.6 Å². The van der Waals surface area contributed by atoms with Crippen LogP contribution in [0.1, 0.15) is 59.8 Å². The lowest BCUT2D eigenvalue weighted by Crippen LogP contribution is -2.25. The fourth-order valence-corrected chi connectivity index (χ4v) is 3.09. The molecule has 0 aromatic rings. The van der Waals surface area contributed by atoms with Gasteiger partial charge in [0.1, 0.15) is 0 Å². The summed E-state index contributed by atoms with van der Waals surface area (Å²) in [6.45, 7) is 18.6. The van der Waals surface area contributed by atoms with E-state index in [-0.39, 0.29) is 0 Å². The average Bonchev–Trinajstić information content (AvgIpc) is 2.88. The predicted octanol–water partition coefficient (Wildman–Crippen LogP) is 7.22. The first kappa shape index (κ1) is 24.1. The van der Waals surface area contributed by atoms with Crippen LogP contribution in [0.4, 0.5) is 0 Å². The van der Waals surface area contributed by atoms with Crippen molar-refractivity contribution in [3.05, 3.63) is 46.8 Å². The van der Waals surface area contributed by atoms with E-state index in [1.165, 1.54) is 12.8 Å². The van der Waals surface area contributed by atoms with Crippen molar-refractivity contribution in [2.45, 2.75) is 59.8 Å². The first-order valence-corrected chi connectivity index (χ1v) is 10.1. The van der Waals surface area contributed by atoms with Crippen LogP contribution in [0.15, 0.2) is 46.8 Å². The maximum Gasteiger partial charge on any atom is 0.0919 e. The van der Waals surface area contributed by atoms with Gasteiger partial charge in [0.2, 0.25) is 0 Å². The Bertz CT molecular complexity index is 467. The predicted molar refractivity (Wildman–Crippen MR) is 113 cm³/mol. The average molecular weight is 388 g/mol. The minimum atomic E-state index is 0.406. The molecule has 0 aromatic carbocycles. The maximum atomic E-state index is 6.33. The van der Waals surface area contributed by atoms with Gasteiger partial charge in [-0.2, -0.15) is 0 Å². The largest absolute Gasteiger partial charge is 0.499 e. The molecule has 0 spiro atoms. The van der Waals surface area contributed by atoms with Crippen LogP contribution in [0.5, 0.6) is 0 Å². The lowest BCUT2D eigenvalue weighted by molar-refractivity contribution is 0.185. The van der Waals surface area contributed by atoms with Crippen molar-refractivity contribution in [2.24, 2.45) is 5.92 Å². The molecule has 0 amide bonds. The van der Waals surface area contributed by atoms with Gasteiger partial charge in [0.15, 0.2) is 0 Å². The zero-order valence-corrected chi connectivity index (χ0v) is 17.9. The van der Waals surface area contributed by atoms with Crippen molar-refractivity contribution < 1.29 is 4.74 Å². The first-order valence-electron chi connectivity index (χ1n) is 9.37. The van der Waals surface area contributed by atoms with Gasteiger partial charge >= 0.3 is 0 Å². The van der Waals surface area contributed by atoms with Crippen LogP contribution in [-0.4, -0.2) is 24.6 Å². The number of halogens is 2. The van der Waals surface area contributed by atoms with Gasteiger partial charge in [0.25, 0.3) is 0 Å². The third kappa shape index (κ3) is 8.87. The van der Waals surface area contributed by atoms with E-state index in [9.17, 15) is 0 Å². The normalized spacial score (nSPS) is 19.2. The quantitative estimate of drug-likeness (QED) is 0.337. The summed E-state index contributed by atoms with van der Waals surface area (Å²) in [5.74, 6) is 1.31. The van der Waals surface area contributed by atoms with Gasteiger partial charge in [-0.15, -0.1) is 0 Å². The van der Waals surface area contributed by atoms with Gasteiger partial charge in [0.05, 0.1) is 28.1 Å². The molecule has 0 aromatic heterocycles. The fourth-order valence-electron chi connectivity index (χ4n) is 2.59. The van der Waals surface area contributed by atoms with Gasteiger partial charge < -0.3 is 9.64 Å². The van der Waals surface area contributed by atoms with Crippen LogP contribution in [0.2, 0.25) is 0 Å². The second-order valence-electron chi connectivity index (χ2n) is 6.05. The Balaban J connectivity index is 0.00000129. The molecule has 1 unspecified atom stereocenters. The van der Waals surface area contributed by atoms with Crippen LogP contribution in [0.25, 0.3) is 0 Å². The summed E-state index contributed by atoms with van der Waals surface area (Å²) in [6.07, 6.45) is 9.29. The Labute approximate surface area is 165 Å². The molecule has 144 valence electrons. The summed E-state index contributed by atoms with van der Waals surface area (Å²) in [5, 5.41) is 1.27. The van der Waals surface area contributed by atoms with E-state index in [1.807, 2.05) is 19.9 Å². The Morgan fingerprint density at radius 1 is 1.16 bits per heavy atom. The highest BCUT2D eigenvalue weighted by molar-refractivity contribution is 6.36. The third-order valence-electron chi connectivity index (χ3n) is 4.21. The summed E-state index contributed by atoms with van der Waals surface area (Å²) in [6, 6.07) is 0. The molecule has 1 heterocycles. The van der Waals surface area contributed by atoms with Crippen LogP contribution < -0.4 is 0 Å². The number of allylic oxidation sites excluding steroid dienone is 5. The van der Waals surface area contributed by atoms with Crippen molar-refractivity contribution >= 4 is 23.2 Å². The molecule has 4 heteroatoms. The lowest BCUT2D eigenvalue weighted by Gasteiger charge is -2.26. The molecule has 25 heavy (non-hydrogen) atoms. The first-order chi connectivity index (χ1) is 12.0. The second-order valence-corrected chi connectivity index (χ2v) is 6.87. The van der Waals surface area contributed by atoms with Crippen LogP contribution >= 0.6 is 23.2 Å². The standard InChI is InChI=1S/C17H25Cl2NO.C4H10/c1-5-15(18)17(16(19)6-2)20-11-8-9-14(10-12-20)13(4)21-7-3;1-3-4-2/h5-6,14H,1,4,7-12H2,2-3H3;3-4H2,1-2H3/b16-6+,17-15-;. The number of hydrogen-bond donors (Lipinski definition) is 0. The maximum absolute atomic E-state index is 6.33. The van der Waals surface area contributed by atoms with Gasteiger partial charge in [-0.25, -0.2) is 0 Å². The van der Waals surface area contributed by atoms with Crippen molar-refractivity contribution in [2.75, 3.05) is 19.7 Å². The number of unbranched alkanes of at least 4 members (excludes halogenated alkanes) is 1. The zero-order valence-electron chi connectivity index (χ0n) is 16.4. The van der Waals surface area contributed by atoms with Crippen LogP contribution in [0, 0.1) is 5.92 Å². The lowest BCUT2D eigenvalue weighted by atomic mass is 9.99. The number of ether oxygens (including phenoxy) is 1. The van der Waals surface area contributed by atoms with Gasteiger partial charge in [-0.1, -0.05) is 69.1 Å². The van der Waals surface area contributed by atoms with Crippen molar-refractivity contribution in [3.8, 4) is 0 Å². The highest BCUT2D eigenvalue weighted by Crippen LogP contribution is 2.31. The van der Waals surface area contributed by atoms with E-state index in [4.69, 9.17) is 27.9 Å². The van der Waals surface area contributed by atoms with Gasteiger partial charge in [0, 0.05) is 19.0 Å². The summed E-state index contributed by atoms with van der Waals surface area (Å²) < 4.78 is 5.57. The smallest absolute Gasteiger partial charge is 0.0919 e. The molecule has 0 aliphatic carbocycles. The van der Waals surface area contributed by atoms with Crippen molar-refractivity contribution in [1.29, 1.82) is 0 Å².